The van der Waals surface area contributed by atoms with Gasteiger partial charge in [-0.15, -0.1) is 11.6 Å². The molecule has 1 aliphatic rings. The van der Waals surface area contributed by atoms with Gasteiger partial charge in [-0.25, -0.2) is 0 Å². The highest BCUT2D eigenvalue weighted by Gasteiger charge is 2.33. The van der Waals surface area contributed by atoms with E-state index in [-0.39, 0.29) is 17.8 Å². The van der Waals surface area contributed by atoms with E-state index >= 15 is 0 Å². The number of carboxylic acids is 1. The minimum absolute atomic E-state index is 0.0394. The second kappa shape index (κ2) is 10.5. The molecule has 1 aromatic rings. The summed E-state index contributed by atoms with van der Waals surface area (Å²) in [6, 6.07) is 5.76. The van der Waals surface area contributed by atoms with E-state index in [9.17, 15) is 20.3 Å². The number of allylic oxidation sites excluding steroid dienone is 1. The number of carbonyl (C=O) groups is 1. The topological polar surface area (TPSA) is 105 Å². The lowest BCUT2D eigenvalue weighted by atomic mass is 9.98. The molecule has 7 heteroatoms. The van der Waals surface area contributed by atoms with Gasteiger partial charge in [-0.3, -0.25) is 4.79 Å². The molecule has 0 radical (unpaired) electrons. The van der Waals surface area contributed by atoms with Crippen LogP contribution in [0.25, 0.3) is 0 Å². The average Bonchev–Trinajstić information content (AvgIpc) is 3.03. The fourth-order valence-electron chi connectivity index (χ4n) is 3.61. The van der Waals surface area contributed by atoms with E-state index in [0.29, 0.717) is 30.4 Å². The van der Waals surface area contributed by atoms with Gasteiger partial charge in [0.15, 0.2) is 0 Å². The quantitative estimate of drug-likeness (QED) is 0.330. The number of rotatable bonds is 9. The van der Waals surface area contributed by atoms with Gasteiger partial charge in [-0.1, -0.05) is 12.2 Å². The van der Waals surface area contributed by atoms with Gasteiger partial charge < -0.3 is 20.2 Å². The molecule has 0 aliphatic carbocycles. The first kappa shape index (κ1) is 22.2. The highest BCUT2D eigenvalue weighted by molar-refractivity contribution is 6.21. The van der Waals surface area contributed by atoms with Gasteiger partial charge >= 0.3 is 5.97 Å². The predicted molar refractivity (Wildman–Crippen MR) is 109 cm³/mol. The number of aryl methyl sites for hydroxylation is 1. The van der Waals surface area contributed by atoms with Crippen molar-refractivity contribution < 1.29 is 20.1 Å². The molecule has 2 rings (SSSR count). The van der Waals surface area contributed by atoms with Crippen molar-refractivity contribution in [2.75, 3.05) is 18.1 Å². The lowest BCUT2D eigenvalue weighted by Crippen LogP contribution is -2.33. The van der Waals surface area contributed by atoms with Crippen molar-refractivity contribution in [3.8, 4) is 6.07 Å². The largest absolute Gasteiger partial charge is 0.481 e. The van der Waals surface area contributed by atoms with Crippen LogP contribution in [-0.4, -0.2) is 45.9 Å². The van der Waals surface area contributed by atoms with Gasteiger partial charge in [0.05, 0.1) is 23.2 Å². The molecule has 1 heterocycles. The molecule has 6 nitrogen and oxygen atoms in total. The third-order valence-corrected chi connectivity index (χ3v) is 5.62. The summed E-state index contributed by atoms with van der Waals surface area (Å²) in [5.41, 5.74) is 2.62. The van der Waals surface area contributed by atoms with E-state index < -0.39 is 18.7 Å². The normalized spacial score (nSPS) is 20.5. The van der Waals surface area contributed by atoms with E-state index in [1.807, 2.05) is 25.1 Å². The molecule has 0 bridgehead atoms. The molecular formula is C21H27ClN2O4. The summed E-state index contributed by atoms with van der Waals surface area (Å²) in [5.74, 6) is -0.787. The second-order valence-corrected chi connectivity index (χ2v) is 7.66. The summed E-state index contributed by atoms with van der Waals surface area (Å²) in [6.45, 7) is 2.19. The highest BCUT2D eigenvalue weighted by atomic mass is 35.5. The molecule has 152 valence electrons. The molecule has 3 N–H and O–H groups in total. The number of aliphatic hydroxyl groups is 2. The first-order chi connectivity index (χ1) is 13.4. The summed E-state index contributed by atoms with van der Waals surface area (Å²) in [5, 5.41) is 37.4. The Balaban J connectivity index is 2.16. The van der Waals surface area contributed by atoms with Crippen LogP contribution >= 0.6 is 11.6 Å². The number of hydrogen-bond acceptors (Lipinski definition) is 5. The SMILES string of the molecule is Cc1cc(N2CCC(Cl)C2C/C=C\CCCC(=O)O)c(C#N)cc1C(O)CO. The van der Waals surface area contributed by atoms with E-state index in [0.717, 1.165) is 24.2 Å². The molecule has 1 aromatic carbocycles. The van der Waals surface area contributed by atoms with Crippen LogP contribution in [0.4, 0.5) is 5.69 Å². The highest BCUT2D eigenvalue weighted by Crippen LogP contribution is 2.35. The Morgan fingerprint density at radius 2 is 2.21 bits per heavy atom. The molecule has 0 spiro atoms. The lowest BCUT2D eigenvalue weighted by Gasteiger charge is -2.29. The second-order valence-electron chi connectivity index (χ2n) is 7.09. The van der Waals surface area contributed by atoms with Crippen LogP contribution in [0.1, 0.15) is 54.9 Å². The molecule has 1 aliphatic heterocycles. The van der Waals surface area contributed by atoms with Crippen molar-refractivity contribution in [3.05, 3.63) is 41.0 Å². The number of benzene rings is 1. The number of aliphatic hydroxyl groups excluding tert-OH is 2. The molecule has 3 unspecified atom stereocenters. The Morgan fingerprint density at radius 1 is 1.46 bits per heavy atom. The van der Waals surface area contributed by atoms with E-state index in [2.05, 4.69) is 11.0 Å². The number of alkyl halides is 1. The van der Waals surface area contributed by atoms with Gasteiger partial charge in [-0.2, -0.15) is 5.26 Å². The van der Waals surface area contributed by atoms with Crippen molar-refractivity contribution in [1.29, 1.82) is 5.26 Å². The zero-order valence-corrected chi connectivity index (χ0v) is 16.8. The number of halogens is 1. The van der Waals surface area contributed by atoms with Gasteiger partial charge in [0, 0.05) is 19.0 Å². The summed E-state index contributed by atoms with van der Waals surface area (Å²) in [6.07, 6.45) is 6.01. The lowest BCUT2D eigenvalue weighted by molar-refractivity contribution is -0.137. The molecule has 0 saturated carbocycles. The number of aliphatic carboxylic acids is 1. The van der Waals surface area contributed by atoms with Gasteiger partial charge in [0.2, 0.25) is 0 Å². The standard InChI is InChI=1S/C21H27ClN2O4/c1-14-10-19(15(12-23)11-16(14)20(26)13-25)24-9-8-17(22)18(24)6-4-2-3-5-7-21(27)28/h2,4,10-11,17-18,20,25-26H,3,5-9,13H2,1H3,(H,27,28)/b4-2-. The van der Waals surface area contributed by atoms with Crippen molar-refractivity contribution in [2.45, 2.75) is 56.6 Å². The first-order valence-electron chi connectivity index (χ1n) is 9.50. The van der Waals surface area contributed by atoms with E-state index in [4.69, 9.17) is 16.7 Å². The molecule has 1 fully saturated rings. The van der Waals surface area contributed by atoms with Crippen LogP contribution < -0.4 is 4.90 Å². The van der Waals surface area contributed by atoms with Crippen molar-refractivity contribution >= 4 is 23.3 Å². The van der Waals surface area contributed by atoms with Crippen LogP contribution in [0.5, 0.6) is 0 Å². The minimum Gasteiger partial charge on any atom is -0.481 e. The summed E-state index contributed by atoms with van der Waals surface area (Å²) >= 11 is 6.53. The predicted octanol–water partition coefficient (Wildman–Crippen LogP) is 3.28. The van der Waals surface area contributed by atoms with Gasteiger partial charge in [0.25, 0.3) is 0 Å². The molecule has 28 heavy (non-hydrogen) atoms. The van der Waals surface area contributed by atoms with Crippen molar-refractivity contribution in [2.24, 2.45) is 0 Å². The smallest absolute Gasteiger partial charge is 0.303 e. The number of nitrogens with zero attached hydrogens (tertiary/aromatic N) is 2. The molecule has 1 saturated heterocycles. The van der Waals surface area contributed by atoms with E-state index in [1.165, 1.54) is 0 Å². The van der Waals surface area contributed by atoms with Crippen LogP contribution in [0.2, 0.25) is 0 Å². The first-order valence-corrected chi connectivity index (χ1v) is 9.93. The molecule has 0 amide bonds. The Hall–Kier alpha value is -2.07. The Kier molecular flexibility index (Phi) is 8.31. The third kappa shape index (κ3) is 5.48. The zero-order valence-electron chi connectivity index (χ0n) is 16.0. The number of carboxylic acid groups (broad SMARTS) is 1. The van der Waals surface area contributed by atoms with Crippen LogP contribution in [0.15, 0.2) is 24.3 Å². The maximum absolute atomic E-state index is 10.6. The van der Waals surface area contributed by atoms with Crippen molar-refractivity contribution in [3.63, 3.8) is 0 Å². The van der Waals surface area contributed by atoms with Gasteiger partial charge in [-0.05, 0) is 55.9 Å². The number of unbranched alkanes of at least 4 members (excludes halogenated alkanes) is 1. The Bertz CT molecular complexity index is 760. The average molecular weight is 407 g/mol. The summed E-state index contributed by atoms with van der Waals surface area (Å²) < 4.78 is 0. The monoisotopic (exact) mass is 406 g/mol. The number of anilines is 1. The molecule has 3 atom stereocenters. The molecular weight excluding hydrogens is 380 g/mol. The summed E-state index contributed by atoms with van der Waals surface area (Å²) in [4.78, 5) is 12.7. The van der Waals surface area contributed by atoms with Crippen LogP contribution in [-0.2, 0) is 4.79 Å². The maximum atomic E-state index is 10.6. The Morgan fingerprint density at radius 3 is 2.86 bits per heavy atom. The fourth-order valence-corrected chi connectivity index (χ4v) is 3.94. The van der Waals surface area contributed by atoms with E-state index in [1.54, 1.807) is 6.07 Å². The van der Waals surface area contributed by atoms with Gasteiger partial charge in [0.1, 0.15) is 12.2 Å². The fraction of sp³-hybridized carbons (Fsp3) is 0.524. The van der Waals surface area contributed by atoms with Crippen LogP contribution in [0, 0.1) is 18.3 Å². The minimum atomic E-state index is -1.01. The molecule has 0 aromatic heterocycles. The number of hydrogen-bond donors (Lipinski definition) is 3. The summed E-state index contributed by atoms with van der Waals surface area (Å²) in [7, 11) is 0. The number of nitriles is 1. The zero-order chi connectivity index (χ0) is 20.7. The third-order valence-electron chi connectivity index (χ3n) is 5.12. The maximum Gasteiger partial charge on any atom is 0.303 e. The Labute approximate surface area is 170 Å². The van der Waals surface area contributed by atoms with Crippen LogP contribution in [0.3, 0.4) is 0 Å². The van der Waals surface area contributed by atoms with Crippen molar-refractivity contribution in [1.82, 2.24) is 0 Å².